The van der Waals surface area contributed by atoms with E-state index < -0.39 is 6.03 Å². The largest absolute Gasteiger partial charge is 0.511 e. The lowest BCUT2D eigenvalue weighted by molar-refractivity contribution is -0.116. The van der Waals surface area contributed by atoms with E-state index in [1.54, 1.807) is 4.90 Å². The van der Waals surface area contributed by atoms with Gasteiger partial charge in [-0.3, -0.25) is 9.69 Å². The topological polar surface area (TPSA) is 105 Å². The van der Waals surface area contributed by atoms with E-state index in [9.17, 15) is 14.7 Å². The van der Waals surface area contributed by atoms with Gasteiger partial charge in [-0.15, -0.1) is 0 Å². The van der Waals surface area contributed by atoms with Gasteiger partial charge in [-0.05, 0) is 68.7 Å². The molecule has 2 amide bonds. The van der Waals surface area contributed by atoms with E-state index in [1.807, 2.05) is 47.6 Å². The van der Waals surface area contributed by atoms with Crippen LogP contribution in [0.5, 0.6) is 0 Å². The summed E-state index contributed by atoms with van der Waals surface area (Å²) in [6, 6.07) is 1.53. The molecular formula is C24H35N3O4. The Bertz CT molecular complexity index is 918. The molecule has 1 unspecified atom stereocenters. The van der Waals surface area contributed by atoms with Crippen LogP contribution >= 0.6 is 0 Å². The summed E-state index contributed by atoms with van der Waals surface area (Å²) in [6.07, 6.45) is 1.87. The molecule has 0 spiro atoms. The van der Waals surface area contributed by atoms with E-state index in [-0.39, 0.29) is 29.5 Å². The minimum atomic E-state index is -0.493. The molecule has 1 atom stereocenters. The number of ketones is 1. The van der Waals surface area contributed by atoms with Crippen molar-refractivity contribution in [1.29, 1.82) is 0 Å². The Balaban J connectivity index is 2.55. The highest BCUT2D eigenvalue weighted by Crippen LogP contribution is 2.41. The lowest BCUT2D eigenvalue weighted by atomic mass is 9.77. The number of urea groups is 1. The first kappa shape index (κ1) is 24.4. The number of nitrogens with two attached hydrogens (primary N) is 1. The Kier molecular flexibility index (Phi) is 8.25. The van der Waals surface area contributed by atoms with Crippen molar-refractivity contribution >= 4 is 23.2 Å². The van der Waals surface area contributed by atoms with Gasteiger partial charge in [-0.1, -0.05) is 25.1 Å². The van der Waals surface area contributed by atoms with Crippen molar-refractivity contribution in [2.45, 2.75) is 73.1 Å². The van der Waals surface area contributed by atoms with Gasteiger partial charge in [0.05, 0.1) is 17.0 Å². The minimum Gasteiger partial charge on any atom is -0.511 e. The summed E-state index contributed by atoms with van der Waals surface area (Å²) in [6.45, 7) is 12.5. The quantitative estimate of drug-likeness (QED) is 0.449. The summed E-state index contributed by atoms with van der Waals surface area (Å²) >= 11 is 0. The van der Waals surface area contributed by atoms with Gasteiger partial charge < -0.3 is 15.7 Å². The van der Waals surface area contributed by atoms with E-state index in [1.165, 1.54) is 0 Å². The van der Waals surface area contributed by atoms with Crippen LogP contribution in [0.1, 0.15) is 74.6 Å². The fourth-order valence-electron chi connectivity index (χ4n) is 4.64. The number of rotatable bonds is 8. The zero-order chi connectivity index (χ0) is 23.3. The van der Waals surface area contributed by atoms with Crippen LogP contribution in [0, 0.1) is 20.8 Å². The summed E-state index contributed by atoms with van der Waals surface area (Å²) < 4.78 is 0. The molecule has 0 saturated heterocycles. The smallest absolute Gasteiger partial charge is 0.319 e. The van der Waals surface area contributed by atoms with Crippen LogP contribution in [0.3, 0.4) is 0 Å². The lowest BCUT2D eigenvalue weighted by Crippen LogP contribution is -2.37. The molecule has 3 N–H and O–H groups in total. The molecule has 2 rings (SSSR count). The molecule has 0 aliphatic heterocycles. The maximum Gasteiger partial charge on any atom is 0.319 e. The number of benzene rings is 1. The molecule has 0 heterocycles. The zero-order valence-electron chi connectivity index (χ0n) is 19.5. The summed E-state index contributed by atoms with van der Waals surface area (Å²) in [5, 5.41) is 14.8. The number of primary amides is 1. The van der Waals surface area contributed by atoms with Gasteiger partial charge in [0.1, 0.15) is 12.4 Å². The zero-order valence-corrected chi connectivity index (χ0v) is 19.5. The minimum absolute atomic E-state index is 0.0443. The molecule has 7 heteroatoms. The number of carbonyl (C=O) groups is 2. The van der Waals surface area contributed by atoms with Gasteiger partial charge in [0.15, 0.2) is 5.78 Å². The Morgan fingerprint density at radius 2 is 1.90 bits per heavy atom. The number of allylic oxidation sites excluding steroid dienone is 2. The average Bonchev–Trinajstić information content (AvgIpc) is 2.68. The number of amides is 2. The molecule has 0 saturated carbocycles. The number of oxime groups is 1. The standard InChI is InChI=1S/C24H35N3O4/c1-7-10-27(24(25)30)23-15(5)11-14(4)21(16(23)6)17-12-19(28)22(20(29)13-17)18(8-2)26-31-9-3/h11,17,28H,7-10,12-13H2,1-6H3,(H2,25,30). The third kappa shape index (κ3) is 5.09. The Morgan fingerprint density at radius 3 is 2.42 bits per heavy atom. The molecule has 0 radical (unpaired) electrons. The summed E-state index contributed by atoms with van der Waals surface area (Å²) in [5.41, 5.74) is 11.1. The summed E-state index contributed by atoms with van der Waals surface area (Å²) in [4.78, 5) is 31.9. The van der Waals surface area contributed by atoms with Crippen LogP contribution in [0.15, 0.2) is 22.6 Å². The van der Waals surface area contributed by atoms with Crippen molar-refractivity contribution in [3.8, 4) is 0 Å². The molecule has 1 aliphatic carbocycles. The molecule has 0 bridgehead atoms. The van der Waals surface area contributed by atoms with E-state index in [2.05, 4.69) is 5.16 Å². The third-order valence-corrected chi connectivity index (χ3v) is 5.75. The molecule has 1 aromatic carbocycles. The number of hydrogen-bond donors (Lipinski definition) is 2. The predicted molar refractivity (Wildman–Crippen MR) is 124 cm³/mol. The van der Waals surface area contributed by atoms with E-state index in [0.717, 1.165) is 34.4 Å². The highest BCUT2D eigenvalue weighted by Gasteiger charge is 2.33. The Hall–Kier alpha value is -2.83. The van der Waals surface area contributed by atoms with Gasteiger partial charge in [0.2, 0.25) is 0 Å². The normalized spacial score (nSPS) is 17.2. The van der Waals surface area contributed by atoms with Crippen LogP contribution in [0.2, 0.25) is 0 Å². The van der Waals surface area contributed by atoms with Crippen LogP contribution in [-0.4, -0.2) is 35.8 Å². The van der Waals surface area contributed by atoms with Crippen LogP contribution in [0.4, 0.5) is 10.5 Å². The fraction of sp³-hybridized carbons (Fsp3) is 0.542. The first-order valence-electron chi connectivity index (χ1n) is 11.0. The third-order valence-electron chi connectivity index (χ3n) is 5.75. The molecule has 0 fully saturated rings. The molecule has 31 heavy (non-hydrogen) atoms. The Labute approximate surface area is 184 Å². The van der Waals surface area contributed by atoms with Gasteiger partial charge in [0.25, 0.3) is 0 Å². The van der Waals surface area contributed by atoms with Crippen LogP contribution in [-0.2, 0) is 9.63 Å². The Morgan fingerprint density at radius 1 is 1.23 bits per heavy atom. The van der Waals surface area contributed by atoms with Crippen molar-refractivity contribution in [3.05, 3.63) is 39.7 Å². The first-order chi connectivity index (χ1) is 14.7. The monoisotopic (exact) mass is 429 g/mol. The number of aliphatic hydroxyl groups excluding tert-OH is 1. The van der Waals surface area contributed by atoms with E-state index in [4.69, 9.17) is 10.6 Å². The average molecular weight is 430 g/mol. The second-order valence-electron chi connectivity index (χ2n) is 8.05. The van der Waals surface area contributed by atoms with E-state index >= 15 is 0 Å². The SMILES string of the molecule is CCCN(C(N)=O)c1c(C)cc(C)c(C2CC(=O)C(C(CC)=NOCC)=C(O)C2)c1C. The highest BCUT2D eigenvalue weighted by molar-refractivity contribution is 6.23. The van der Waals surface area contributed by atoms with E-state index in [0.29, 0.717) is 31.7 Å². The highest BCUT2D eigenvalue weighted by atomic mass is 16.6. The van der Waals surface area contributed by atoms with Crippen molar-refractivity contribution < 1.29 is 19.5 Å². The van der Waals surface area contributed by atoms with Crippen molar-refractivity contribution in [3.63, 3.8) is 0 Å². The lowest BCUT2D eigenvalue weighted by Gasteiger charge is -2.31. The molecule has 1 aliphatic rings. The summed E-state index contributed by atoms with van der Waals surface area (Å²) in [7, 11) is 0. The number of carbonyl (C=O) groups excluding carboxylic acids is 2. The first-order valence-corrected chi connectivity index (χ1v) is 11.0. The molecule has 1 aromatic rings. The van der Waals surface area contributed by atoms with Crippen molar-refractivity contribution in [1.82, 2.24) is 0 Å². The number of anilines is 1. The van der Waals surface area contributed by atoms with Gasteiger partial charge in [-0.25, -0.2) is 4.79 Å². The van der Waals surface area contributed by atoms with Crippen molar-refractivity contribution in [2.75, 3.05) is 18.1 Å². The molecule has 170 valence electrons. The van der Waals surface area contributed by atoms with Crippen LogP contribution in [0.25, 0.3) is 0 Å². The molecule has 0 aromatic heterocycles. The van der Waals surface area contributed by atoms with Crippen molar-refractivity contribution in [2.24, 2.45) is 10.9 Å². The maximum absolute atomic E-state index is 13.0. The second-order valence-corrected chi connectivity index (χ2v) is 8.05. The predicted octanol–water partition coefficient (Wildman–Crippen LogP) is 4.97. The summed E-state index contributed by atoms with van der Waals surface area (Å²) in [5.74, 6) is -0.282. The number of aryl methyl sites for hydroxylation is 2. The maximum atomic E-state index is 13.0. The number of hydrogen-bond acceptors (Lipinski definition) is 5. The fourth-order valence-corrected chi connectivity index (χ4v) is 4.64. The number of nitrogens with zero attached hydrogens (tertiary/aromatic N) is 2. The second kappa shape index (κ2) is 10.5. The molecular weight excluding hydrogens is 394 g/mol. The van der Waals surface area contributed by atoms with Gasteiger partial charge >= 0.3 is 6.03 Å². The van der Waals surface area contributed by atoms with Gasteiger partial charge in [0, 0.05) is 19.4 Å². The number of Topliss-reactive ketones (excluding diaryl/α,β-unsaturated/α-hetero) is 1. The number of aliphatic hydroxyl groups is 1. The van der Waals surface area contributed by atoms with Crippen LogP contribution < -0.4 is 10.6 Å². The van der Waals surface area contributed by atoms with Gasteiger partial charge in [-0.2, -0.15) is 0 Å². The molecule has 7 nitrogen and oxygen atoms in total.